The van der Waals surface area contributed by atoms with Crippen molar-refractivity contribution in [1.82, 2.24) is 0 Å². The van der Waals surface area contributed by atoms with E-state index in [0.717, 1.165) is 23.5 Å². The van der Waals surface area contributed by atoms with Gasteiger partial charge < -0.3 is 19.9 Å². The van der Waals surface area contributed by atoms with E-state index in [0.29, 0.717) is 31.3 Å². The van der Waals surface area contributed by atoms with E-state index in [1.165, 1.54) is 11.8 Å². The zero-order valence-electron chi connectivity index (χ0n) is 12.2. The van der Waals surface area contributed by atoms with E-state index in [1.54, 1.807) is 6.92 Å². The van der Waals surface area contributed by atoms with Crippen LogP contribution >= 0.6 is 11.8 Å². The summed E-state index contributed by atoms with van der Waals surface area (Å²) < 4.78 is 16.1. The predicted molar refractivity (Wildman–Crippen MR) is 82.9 cm³/mol. The van der Waals surface area contributed by atoms with Gasteiger partial charge in [0.25, 0.3) is 0 Å². The molecule has 2 N–H and O–H groups in total. The average molecular weight is 311 g/mol. The molecule has 0 bridgehead atoms. The Morgan fingerprint density at radius 3 is 2.90 bits per heavy atom. The topological polar surface area (TPSA) is 70.8 Å². The first-order chi connectivity index (χ1) is 10.2. The summed E-state index contributed by atoms with van der Waals surface area (Å²) in [6.07, 6.45) is 0.880. The zero-order valence-corrected chi connectivity index (χ0v) is 13.0. The molecule has 21 heavy (non-hydrogen) atoms. The van der Waals surface area contributed by atoms with Crippen LogP contribution in [0.25, 0.3) is 0 Å². The lowest BCUT2D eigenvalue weighted by molar-refractivity contribution is -0.139. The van der Waals surface area contributed by atoms with Gasteiger partial charge in [0.05, 0.1) is 25.6 Å². The first-order valence-electron chi connectivity index (χ1n) is 7.09. The summed E-state index contributed by atoms with van der Waals surface area (Å²) in [6.45, 7) is 3.54. The lowest BCUT2D eigenvalue weighted by atomic mass is 10.1. The average Bonchev–Trinajstić information content (AvgIpc) is 2.71. The highest BCUT2D eigenvalue weighted by Crippen LogP contribution is 2.32. The van der Waals surface area contributed by atoms with E-state index in [2.05, 4.69) is 0 Å². The molecule has 0 amide bonds. The molecule has 0 radical (unpaired) electrons. The summed E-state index contributed by atoms with van der Waals surface area (Å²) >= 11 is 1.47. The molecular weight excluding hydrogens is 290 g/mol. The molecule has 1 aromatic rings. The lowest BCUT2D eigenvalue weighted by Gasteiger charge is -2.14. The summed E-state index contributed by atoms with van der Waals surface area (Å²) in [5, 5.41) is 0. The van der Waals surface area contributed by atoms with E-state index in [-0.39, 0.29) is 12.0 Å². The van der Waals surface area contributed by atoms with Gasteiger partial charge in [0, 0.05) is 18.2 Å². The Labute approximate surface area is 129 Å². The van der Waals surface area contributed by atoms with Crippen LogP contribution in [0.5, 0.6) is 11.5 Å². The minimum absolute atomic E-state index is 0.151. The zero-order chi connectivity index (χ0) is 15.1. The second-order valence-corrected chi connectivity index (χ2v) is 5.71. The second kappa shape index (κ2) is 8.14. The van der Waals surface area contributed by atoms with Crippen molar-refractivity contribution in [2.24, 2.45) is 5.73 Å². The standard InChI is InChI=1S/C15H21NO4S/c1-2-18-15(17)10-21-9-12(16)11-4-5-13-14(8-11)20-7-3-6-19-13/h4-5,8,12H,2-3,6-7,9-10,16H2,1H3. The number of benzene rings is 1. The maximum atomic E-state index is 11.3. The van der Waals surface area contributed by atoms with Crippen LogP contribution in [0.3, 0.4) is 0 Å². The van der Waals surface area contributed by atoms with Crippen molar-refractivity contribution >= 4 is 17.7 Å². The number of thioether (sulfide) groups is 1. The van der Waals surface area contributed by atoms with Crippen molar-refractivity contribution in [3.63, 3.8) is 0 Å². The maximum absolute atomic E-state index is 11.3. The molecule has 1 aromatic carbocycles. The molecule has 2 rings (SSSR count). The molecule has 1 heterocycles. The fraction of sp³-hybridized carbons (Fsp3) is 0.533. The fourth-order valence-corrected chi connectivity index (χ4v) is 2.79. The fourth-order valence-electron chi connectivity index (χ4n) is 1.98. The van der Waals surface area contributed by atoms with Gasteiger partial charge in [0.15, 0.2) is 11.5 Å². The smallest absolute Gasteiger partial charge is 0.315 e. The number of carbonyl (C=O) groups excluding carboxylic acids is 1. The Hall–Kier alpha value is -1.40. The van der Waals surface area contributed by atoms with Crippen LogP contribution in [0.4, 0.5) is 0 Å². The molecule has 0 saturated carbocycles. The van der Waals surface area contributed by atoms with Crippen molar-refractivity contribution < 1.29 is 19.0 Å². The van der Waals surface area contributed by atoms with E-state index in [9.17, 15) is 4.79 Å². The third-order valence-electron chi connectivity index (χ3n) is 3.02. The normalized spacial score (nSPS) is 15.1. The molecule has 1 unspecified atom stereocenters. The van der Waals surface area contributed by atoms with Crippen molar-refractivity contribution in [2.45, 2.75) is 19.4 Å². The number of fused-ring (bicyclic) bond motifs is 1. The summed E-state index contributed by atoms with van der Waals surface area (Å²) in [5.74, 6) is 2.29. The minimum atomic E-state index is -0.201. The van der Waals surface area contributed by atoms with E-state index in [1.807, 2.05) is 18.2 Å². The first kappa shape index (κ1) is 16.0. The number of hydrogen-bond donors (Lipinski definition) is 1. The van der Waals surface area contributed by atoms with Gasteiger partial charge in [-0.3, -0.25) is 4.79 Å². The number of nitrogens with two attached hydrogens (primary N) is 1. The van der Waals surface area contributed by atoms with Gasteiger partial charge >= 0.3 is 5.97 Å². The third kappa shape index (κ3) is 4.82. The van der Waals surface area contributed by atoms with Crippen molar-refractivity contribution in [2.75, 3.05) is 31.3 Å². The molecule has 0 fully saturated rings. The van der Waals surface area contributed by atoms with Crippen LogP contribution in [0.15, 0.2) is 18.2 Å². The van der Waals surface area contributed by atoms with Crippen LogP contribution in [-0.2, 0) is 9.53 Å². The van der Waals surface area contributed by atoms with E-state index < -0.39 is 0 Å². The molecule has 1 aliphatic heterocycles. The third-order valence-corrected chi connectivity index (χ3v) is 4.06. The molecule has 6 heteroatoms. The Morgan fingerprint density at radius 2 is 2.14 bits per heavy atom. The number of ether oxygens (including phenoxy) is 3. The van der Waals surface area contributed by atoms with Gasteiger partial charge in [0.2, 0.25) is 0 Å². The number of esters is 1. The molecular formula is C15H21NO4S. The maximum Gasteiger partial charge on any atom is 0.315 e. The molecule has 0 spiro atoms. The highest BCUT2D eigenvalue weighted by molar-refractivity contribution is 7.99. The van der Waals surface area contributed by atoms with E-state index in [4.69, 9.17) is 19.9 Å². The van der Waals surface area contributed by atoms with Gasteiger partial charge in [-0.25, -0.2) is 0 Å². The number of rotatable bonds is 6. The first-order valence-corrected chi connectivity index (χ1v) is 8.24. The van der Waals surface area contributed by atoms with Gasteiger partial charge in [-0.2, -0.15) is 0 Å². The number of carbonyl (C=O) groups is 1. The summed E-state index contributed by atoms with van der Waals surface area (Å²) in [7, 11) is 0. The molecule has 0 saturated heterocycles. The monoisotopic (exact) mass is 311 g/mol. The molecule has 5 nitrogen and oxygen atoms in total. The van der Waals surface area contributed by atoms with Crippen LogP contribution in [0, 0.1) is 0 Å². The van der Waals surface area contributed by atoms with Crippen LogP contribution in [0.1, 0.15) is 24.9 Å². The Bertz CT molecular complexity index is 481. The molecule has 1 aliphatic rings. The van der Waals surface area contributed by atoms with Crippen LogP contribution in [-0.4, -0.2) is 37.3 Å². The van der Waals surface area contributed by atoms with Gasteiger partial charge in [-0.05, 0) is 24.6 Å². The minimum Gasteiger partial charge on any atom is -0.490 e. The van der Waals surface area contributed by atoms with Gasteiger partial charge in [-0.15, -0.1) is 11.8 Å². The van der Waals surface area contributed by atoms with Crippen molar-refractivity contribution in [1.29, 1.82) is 0 Å². The summed E-state index contributed by atoms with van der Waals surface area (Å²) in [5.41, 5.74) is 7.14. The molecule has 0 aliphatic carbocycles. The Kier molecular flexibility index (Phi) is 6.20. The van der Waals surface area contributed by atoms with Crippen molar-refractivity contribution in [3.05, 3.63) is 23.8 Å². The van der Waals surface area contributed by atoms with E-state index >= 15 is 0 Å². The largest absolute Gasteiger partial charge is 0.490 e. The highest BCUT2D eigenvalue weighted by atomic mass is 32.2. The predicted octanol–water partition coefficient (Wildman–Crippen LogP) is 2.14. The summed E-state index contributed by atoms with van der Waals surface area (Å²) in [4.78, 5) is 11.3. The highest BCUT2D eigenvalue weighted by Gasteiger charge is 2.14. The quantitative estimate of drug-likeness (QED) is 0.812. The SMILES string of the molecule is CCOC(=O)CSCC(N)c1ccc2c(c1)OCCCO2. The lowest BCUT2D eigenvalue weighted by Crippen LogP contribution is -2.15. The Balaban J connectivity index is 1.89. The molecule has 0 aromatic heterocycles. The molecule has 1 atom stereocenters. The number of hydrogen-bond acceptors (Lipinski definition) is 6. The Morgan fingerprint density at radius 1 is 1.38 bits per heavy atom. The molecule has 116 valence electrons. The van der Waals surface area contributed by atoms with Gasteiger partial charge in [0.1, 0.15) is 0 Å². The second-order valence-electron chi connectivity index (χ2n) is 4.68. The van der Waals surface area contributed by atoms with Crippen molar-refractivity contribution in [3.8, 4) is 11.5 Å². The van der Waals surface area contributed by atoms with Gasteiger partial charge in [-0.1, -0.05) is 6.07 Å². The van der Waals surface area contributed by atoms with Crippen LogP contribution in [0.2, 0.25) is 0 Å². The van der Waals surface area contributed by atoms with Crippen LogP contribution < -0.4 is 15.2 Å². The summed E-state index contributed by atoms with van der Waals surface area (Å²) in [6, 6.07) is 5.62.